The number of rotatable bonds is 10. The Morgan fingerprint density at radius 1 is 1.03 bits per heavy atom. The number of alkyl halides is 3. The van der Waals surface area contributed by atoms with Gasteiger partial charge in [-0.2, -0.15) is 13.2 Å². The van der Waals surface area contributed by atoms with Gasteiger partial charge in [0.15, 0.2) is 0 Å². The second kappa shape index (κ2) is 10.9. The molecular weight excluding hydrogens is 417 g/mol. The first-order valence-electron chi connectivity index (χ1n) is 10.5. The van der Waals surface area contributed by atoms with E-state index in [9.17, 15) is 21.6 Å². The van der Waals surface area contributed by atoms with Crippen LogP contribution >= 0.6 is 0 Å². The van der Waals surface area contributed by atoms with Crippen molar-refractivity contribution >= 4 is 10.0 Å². The van der Waals surface area contributed by atoms with Gasteiger partial charge >= 0.3 is 6.18 Å². The minimum absolute atomic E-state index is 0.120. The monoisotopic (exact) mass is 450 g/mol. The van der Waals surface area contributed by atoms with E-state index in [1.54, 1.807) is 0 Å². The van der Waals surface area contributed by atoms with Crippen molar-refractivity contribution in [2.75, 3.05) is 39.8 Å². The lowest BCUT2D eigenvalue weighted by molar-refractivity contribution is -0.137. The molecule has 30 heavy (non-hydrogen) atoms. The zero-order valence-electron chi connectivity index (χ0n) is 17.7. The van der Waals surface area contributed by atoms with Crippen LogP contribution in [-0.4, -0.2) is 62.6 Å². The molecule has 0 unspecified atom stereocenters. The summed E-state index contributed by atoms with van der Waals surface area (Å²) >= 11 is 0. The topological polar surface area (TPSA) is 60.9 Å². The number of likely N-dealkylation sites (N-methyl/N-ethyl adjacent to an activating group) is 1. The molecule has 0 spiro atoms. The number of aliphatic hydroxyl groups is 1. The highest BCUT2D eigenvalue weighted by Gasteiger charge is 2.31. The predicted molar refractivity (Wildman–Crippen MR) is 111 cm³/mol. The third-order valence-corrected chi connectivity index (χ3v) is 7.96. The lowest BCUT2D eigenvalue weighted by Crippen LogP contribution is -2.34. The van der Waals surface area contributed by atoms with Gasteiger partial charge < -0.3 is 10.0 Å². The Hall–Kier alpha value is -1.16. The van der Waals surface area contributed by atoms with Crippen LogP contribution in [0.5, 0.6) is 0 Å². The largest absolute Gasteiger partial charge is 0.416 e. The molecule has 1 fully saturated rings. The van der Waals surface area contributed by atoms with E-state index < -0.39 is 21.8 Å². The van der Waals surface area contributed by atoms with Crippen LogP contribution in [0.2, 0.25) is 0 Å². The first-order valence-corrected chi connectivity index (χ1v) is 12.0. The lowest BCUT2D eigenvalue weighted by atomic mass is 9.80. The molecule has 0 aromatic heterocycles. The normalized spacial score (nSPS) is 20.8. The fraction of sp³-hybridized carbons (Fsp3) is 0.714. The van der Waals surface area contributed by atoms with Crippen molar-refractivity contribution in [1.29, 1.82) is 0 Å². The number of sulfonamides is 1. The Kier molecular flexibility index (Phi) is 9.14. The minimum atomic E-state index is -4.49. The summed E-state index contributed by atoms with van der Waals surface area (Å²) in [6.07, 6.45) is 0.561. The van der Waals surface area contributed by atoms with Gasteiger partial charge in [0.05, 0.1) is 17.1 Å². The molecule has 0 aliphatic heterocycles. The van der Waals surface area contributed by atoms with Crippen LogP contribution in [0, 0.1) is 11.8 Å². The van der Waals surface area contributed by atoms with Gasteiger partial charge in [-0.15, -0.1) is 0 Å². The van der Waals surface area contributed by atoms with Crippen molar-refractivity contribution in [2.45, 2.75) is 50.1 Å². The molecule has 0 heterocycles. The van der Waals surface area contributed by atoms with Gasteiger partial charge in [0.1, 0.15) is 0 Å². The summed E-state index contributed by atoms with van der Waals surface area (Å²) in [6.45, 7) is 5.23. The van der Waals surface area contributed by atoms with Gasteiger partial charge in [-0.3, -0.25) is 0 Å². The van der Waals surface area contributed by atoms with Gasteiger partial charge in [0.2, 0.25) is 10.0 Å². The van der Waals surface area contributed by atoms with Crippen molar-refractivity contribution in [3.8, 4) is 0 Å². The van der Waals surface area contributed by atoms with Crippen LogP contribution < -0.4 is 0 Å². The average Bonchev–Trinajstić information content (AvgIpc) is 2.72. The maximum Gasteiger partial charge on any atom is 0.416 e. The van der Waals surface area contributed by atoms with Crippen molar-refractivity contribution in [3.05, 3.63) is 29.8 Å². The summed E-state index contributed by atoms with van der Waals surface area (Å²) in [7, 11) is -2.32. The molecule has 5 nitrogen and oxygen atoms in total. The molecule has 1 aromatic rings. The van der Waals surface area contributed by atoms with Gasteiger partial charge in [-0.25, -0.2) is 12.7 Å². The second-order valence-electron chi connectivity index (χ2n) is 8.14. The average molecular weight is 451 g/mol. The quantitative estimate of drug-likeness (QED) is 0.589. The molecule has 1 N–H and O–H groups in total. The van der Waals surface area contributed by atoms with E-state index in [-0.39, 0.29) is 11.5 Å². The van der Waals surface area contributed by atoms with E-state index in [0.717, 1.165) is 69.5 Å². The summed E-state index contributed by atoms with van der Waals surface area (Å²) < 4.78 is 64.6. The predicted octanol–water partition coefficient (Wildman–Crippen LogP) is 3.84. The van der Waals surface area contributed by atoms with Crippen LogP contribution in [0.4, 0.5) is 13.2 Å². The molecule has 1 aliphatic carbocycles. The highest BCUT2D eigenvalue weighted by Crippen LogP contribution is 2.32. The summed E-state index contributed by atoms with van der Waals surface area (Å²) in [5.74, 6) is 1.07. The van der Waals surface area contributed by atoms with E-state index in [0.29, 0.717) is 24.9 Å². The molecule has 0 amide bonds. The molecular formula is C21H33F3N2O3S. The second-order valence-corrected chi connectivity index (χ2v) is 10.2. The van der Waals surface area contributed by atoms with Crippen molar-refractivity contribution in [3.63, 3.8) is 0 Å². The molecule has 0 saturated heterocycles. The number of benzene rings is 1. The molecule has 0 atom stereocenters. The summed E-state index contributed by atoms with van der Waals surface area (Å²) in [5, 5.41) is 9.11. The molecule has 1 saturated carbocycles. The van der Waals surface area contributed by atoms with Crippen molar-refractivity contribution in [1.82, 2.24) is 9.21 Å². The summed E-state index contributed by atoms with van der Waals surface area (Å²) in [6, 6.07) is 3.65. The molecule has 2 rings (SSSR count). The summed E-state index contributed by atoms with van der Waals surface area (Å²) in [5.41, 5.74) is -0.860. The number of aliphatic hydroxyl groups excluding tert-OH is 1. The van der Waals surface area contributed by atoms with Gasteiger partial charge in [0.25, 0.3) is 0 Å². The van der Waals surface area contributed by atoms with E-state index in [1.165, 1.54) is 11.4 Å². The number of hydrogen-bond donors (Lipinski definition) is 1. The van der Waals surface area contributed by atoms with Gasteiger partial charge in [-0.1, -0.05) is 19.8 Å². The van der Waals surface area contributed by atoms with Crippen LogP contribution in [0.3, 0.4) is 0 Å². The van der Waals surface area contributed by atoms with Crippen LogP contribution in [0.1, 0.15) is 44.6 Å². The maximum atomic E-state index is 12.7. The number of hydrogen-bond acceptors (Lipinski definition) is 4. The molecule has 172 valence electrons. The third-order valence-electron chi connectivity index (χ3n) is 6.09. The minimum Gasteiger partial charge on any atom is -0.395 e. The standard InChI is InChI=1S/C21H33F3N2O3S/c1-3-26(14-15-27)16-18-6-4-17(5-7-18)12-13-25(2)30(28,29)20-10-8-19(9-11-20)21(22,23)24/h8-11,17-18,27H,3-7,12-16H2,1-2H3. The smallest absolute Gasteiger partial charge is 0.395 e. The number of halogens is 3. The first kappa shape index (κ1) is 25.1. The zero-order valence-corrected chi connectivity index (χ0v) is 18.6. The molecule has 1 aliphatic rings. The fourth-order valence-electron chi connectivity index (χ4n) is 4.07. The van der Waals surface area contributed by atoms with Crippen molar-refractivity contribution < 1.29 is 26.7 Å². The third kappa shape index (κ3) is 6.93. The fourth-order valence-corrected chi connectivity index (χ4v) is 5.25. The number of nitrogens with zero attached hydrogens (tertiary/aromatic N) is 2. The Balaban J connectivity index is 1.83. The molecule has 9 heteroatoms. The first-order chi connectivity index (χ1) is 14.1. The highest BCUT2D eigenvalue weighted by molar-refractivity contribution is 7.89. The lowest BCUT2D eigenvalue weighted by Gasteiger charge is -2.32. The van der Waals surface area contributed by atoms with E-state index in [1.807, 2.05) is 0 Å². The maximum absolute atomic E-state index is 12.7. The molecule has 0 bridgehead atoms. The highest BCUT2D eigenvalue weighted by atomic mass is 32.2. The van der Waals surface area contributed by atoms with Crippen LogP contribution in [0.15, 0.2) is 29.2 Å². The zero-order chi connectivity index (χ0) is 22.4. The van der Waals surface area contributed by atoms with Crippen molar-refractivity contribution in [2.24, 2.45) is 11.8 Å². The Labute approximate surface area is 177 Å². The molecule has 0 radical (unpaired) electrons. The Bertz CT molecular complexity index is 746. The van der Waals surface area contributed by atoms with E-state index >= 15 is 0 Å². The van der Waals surface area contributed by atoms with E-state index in [2.05, 4.69) is 11.8 Å². The van der Waals surface area contributed by atoms with Crippen LogP contribution in [-0.2, 0) is 16.2 Å². The van der Waals surface area contributed by atoms with Gasteiger partial charge in [0, 0.05) is 26.7 Å². The van der Waals surface area contributed by atoms with Crippen LogP contribution in [0.25, 0.3) is 0 Å². The SMILES string of the molecule is CCN(CCO)CC1CCC(CCN(C)S(=O)(=O)c2ccc(C(F)(F)F)cc2)CC1. The summed E-state index contributed by atoms with van der Waals surface area (Å²) in [4.78, 5) is 2.14. The van der Waals surface area contributed by atoms with E-state index in [4.69, 9.17) is 5.11 Å². The Morgan fingerprint density at radius 3 is 2.10 bits per heavy atom. The molecule has 1 aromatic carbocycles. The Morgan fingerprint density at radius 2 is 1.60 bits per heavy atom. The van der Waals surface area contributed by atoms with Gasteiger partial charge in [-0.05, 0) is 61.9 Å².